The fourth-order valence-electron chi connectivity index (χ4n) is 1.53. The highest BCUT2D eigenvalue weighted by molar-refractivity contribution is 9.10. The predicted molar refractivity (Wildman–Crippen MR) is 74.5 cm³/mol. The Balaban J connectivity index is 2.30. The molecule has 0 bridgehead atoms. The summed E-state index contributed by atoms with van der Waals surface area (Å²) < 4.78 is 27.4. The van der Waals surface area contributed by atoms with Crippen LogP contribution in [0.3, 0.4) is 0 Å². The third-order valence-corrected chi connectivity index (χ3v) is 3.00. The molecule has 20 heavy (non-hydrogen) atoms. The molecule has 104 valence electrons. The number of aromatic hydroxyl groups is 1. The highest BCUT2D eigenvalue weighted by Gasteiger charge is 2.15. The molecule has 2 aromatic rings. The van der Waals surface area contributed by atoms with Crippen molar-refractivity contribution in [3.05, 3.63) is 52.0 Å². The lowest BCUT2D eigenvalue weighted by Gasteiger charge is -2.09. The smallest absolute Gasteiger partial charge is 0.255 e. The summed E-state index contributed by atoms with van der Waals surface area (Å²) in [5.41, 5.74) is 4.96. The molecule has 0 saturated carbocycles. The molecule has 0 aliphatic carbocycles. The van der Waals surface area contributed by atoms with Gasteiger partial charge in [-0.05, 0) is 30.3 Å². The summed E-state index contributed by atoms with van der Waals surface area (Å²) in [6, 6.07) is 5.81. The molecule has 0 unspecified atom stereocenters. The number of anilines is 2. The molecule has 1 amide bonds. The molecule has 0 aliphatic rings. The topological polar surface area (TPSA) is 75.4 Å². The molecule has 4 N–H and O–H groups in total. The average molecular weight is 343 g/mol. The lowest BCUT2D eigenvalue weighted by Crippen LogP contribution is -2.14. The Morgan fingerprint density at radius 2 is 1.80 bits per heavy atom. The van der Waals surface area contributed by atoms with E-state index in [1.807, 2.05) is 0 Å². The van der Waals surface area contributed by atoms with Crippen molar-refractivity contribution in [3.8, 4) is 5.75 Å². The summed E-state index contributed by atoms with van der Waals surface area (Å²) in [5, 5.41) is 11.5. The number of nitrogen functional groups attached to an aromatic ring is 1. The molecule has 0 heterocycles. The van der Waals surface area contributed by atoms with E-state index in [2.05, 4.69) is 21.2 Å². The van der Waals surface area contributed by atoms with Gasteiger partial charge in [0.15, 0.2) is 11.6 Å². The van der Waals surface area contributed by atoms with Crippen LogP contribution in [0.4, 0.5) is 20.2 Å². The minimum atomic E-state index is -0.912. The highest BCUT2D eigenvalue weighted by Crippen LogP contribution is 2.25. The molecule has 2 rings (SSSR count). The Labute approximate surface area is 121 Å². The first-order valence-corrected chi connectivity index (χ1v) is 6.22. The van der Waals surface area contributed by atoms with E-state index in [4.69, 9.17) is 5.73 Å². The maximum Gasteiger partial charge on any atom is 0.255 e. The van der Waals surface area contributed by atoms with E-state index in [0.29, 0.717) is 0 Å². The molecule has 0 saturated heterocycles. The van der Waals surface area contributed by atoms with Crippen LogP contribution in [-0.4, -0.2) is 11.0 Å². The Morgan fingerprint density at radius 3 is 2.35 bits per heavy atom. The number of benzene rings is 2. The summed E-state index contributed by atoms with van der Waals surface area (Å²) >= 11 is 2.94. The van der Waals surface area contributed by atoms with Crippen molar-refractivity contribution in [2.75, 3.05) is 11.1 Å². The van der Waals surface area contributed by atoms with Crippen molar-refractivity contribution in [1.82, 2.24) is 0 Å². The first kappa shape index (κ1) is 14.3. The van der Waals surface area contributed by atoms with Crippen LogP contribution in [0, 0.1) is 11.6 Å². The number of carbonyl (C=O) groups excluding carboxylic acids is 1. The van der Waals surface area contributed by atoms with Gasteiger partial charge in [-0.1, -0.05) is 15.9 Å². The van der Waals surface area contributed by atoms with Crippen molar-refractivity contribution in [2.45, 2.75) is 0 Å². The number of hydrogen-bond acceptors (Lipinski definition) is 3. The number of carbonyl (C=O) groups is 1. The number of rotatable bonds is 2. The monoisotopic (exact) mass is 342 g/mol. The van der Waals surface area contributed by atoms with Crippen molar-refractivity contribution in [3.63, 3.8) is 0 Å². The third kappa shape index (κ3) is 2.88. The molecule has 4 nitrogen and oxygen atoms in total. The van der Waals surface area contributed by atoms with Crippen molar-refractivity contribution in [2.24, 2.45) is 0 Å². The normalized spacial score (nSPS) is 10.3. The van der Waals surface area contributed by atoms with Gasteiger partial charge in [-0.25, -0.2) is 8.78 Å². The van der Waals surface area contributed by atoms with Gasteiger partial charge in [0, 0.05) is 10.0 Å². The maximum atomic E-state index is 13.6. The Morgan fingerprint density at radius 1 is 1.20 bits per heavy atom. The van der Waals surface area contributed by atoms with E-state index in [0.717, 1.165) is 18.2 Å². The largest absolute Gasteiger partial charge is 0.506 e. The van der Waals surface area contributed by atoms with Gasteiger partial charge in [-0.15, -0.1) is 0 Å². The zero-order valence-corrected chi connectivity index (χ0v) is 11.5. The highest BCUT2D eigenvalue weighted by atomic mass is 79.9. The van der Waals surface area contributed by atoms with E-state index in [1.165, 1.54) is 12.1 Å². The summed E-state index contributed by atoms with van der Waals surface area (Å²) in [6.45, 7) is 0. The molecular weight excluding hydrogens is 334 g/mol. The van der Waals surface area contributed by atoms with Gasteiger partial charge in [-0.3, -0.25) is 4.79 Å². The van der Waals surface area contributed by atoms with Gasteiger partial charge in [0.1, 0.15) is 11.4 Å². The Kier molecular flexibility index (Phi) is 3.89. The second-order valence-electron chi connectivity index (χ2n) is 3.97. The zero-order valence-electron chi connectivity index (χ0n) is 9.95. The van der Waals surface area contributed by atoms with Gasteiger partial charge in [-0.2, -0.15) is 0 Å². The van der Waals surface area contributed by atoms with Crippen LogP contribution >= 0.6 is 15.9 Å². The first-order chi connectivity index (χ1) is 9.38. The van der Waals surface area contributed by atoms with Crippen molar-refractivity contribution >= 4 is 33.2 Å². The lowest BCUT2D eigenvalue weighted by atomic mass is 10.1. The summed E-state index contributed by atoms with van der Waals surface area (Å²) in [6.07, 6.45) is 0. The van der Waals surface area contributed by atoms with Crippen LogP contribution in [-0.2, 0) is 0 Å². The van der Waals surface area contributed by atoms with Gasteiger partial charge in [0.2, 0.25) is 0 Å². The summed E-state index contributed by atoms with van der Waals surface area (Å²) in [4.78, 5) is 11.9. The van der Waals surface area contributed by atoms with Crippen LogP contribution in [0.1, 0.15) is 10.4 Å². The average Bonchev–Trinajstić information content (AvgIpc) is 2.36. The molecule has 0 spiro atoms. The van der Waals surface area contributed by atoms with E-state index >= 15 is 0 Å². The van der Waals surface area contributed by atoms with E-state index < -0.39 is 23.2 Å². The second-order valence-corrected chi connectivity index (χ2v) is 4.89. The standard InChI is InChI=1S/C13H9BrF2N2O2/c14-7-4-8(15)12(9(16)5-7)18-13(20)6-1-2-10(17)11(19)3-6/h1-5,19H,17H2,(H,18,20). The van der Waals surface area contributed by atoms with Crippen molar-refractivity contribution in [1.29, 1.82) is 0 Å². The summed E-state index contributed by atoms with van der Waals surface area (Å²) in [7, 11) is 0. The van der Waals surface area contributed by atoms with Crippen LogP contribution in [0.2, 0.25) is 0 Å². The van der Waals surface area contributed by atoms with Crippen LogP contribution in [0.15, 0.2) is 34.8 Å². The summed E-state index contributed by atoms with van der Waals surface area (Å²) in [5.74, 6) is -2.87. The van der Waals surface area contributed by atoms with E-state index in [-0.39, 0.29) is 21.5 Å². The van der Waals surface area contributed by atoms with E-state index in [9.17, 15) is 18.7 Å². The fourth-order valence-corrected chi connectivity index (χ4v) is 1.93. The van der Waals surface area contributed by atoms with Crippen molar-refractivity contribution < 1.29 is 18.7 Å². The molecule has 0 aromatic heterocycles. The fraction of sp³-hybridized carbons (Fsp3) is 0. The number of hydrogen-bond donors (Lipinski definition) is 3. The third-order valence-electron chi connectivity index (χ3n) is 2.54. The van der Waals surface area contributed by atoms with Gasteiger partial charge in [0.25, 0.3) is 5.91 Å². The molecule has 2 aromatic carbocycles. The second kappa shape index (κ2) is 5.46. The Bertz CT molecular complexity index is 669. The SMILES string of the molecule is Nc1ccc(C(=O)Nc2c(F)cc(Br)cc2F)cc1O. The predicted octanol–water partition coefficient (Wildman–Crippen LogP) is 3.27. The quantitative estimate of drug-likeness (QED) is 0.579. The number of phenolic OH excluding ortho intramolecular Hbond substituents is 1. The number of nitrogens with two attached hydrogens (primary N) is 1. The molecule has 0 radical (unpaired) electrons. The van der Waals surface area contributed by atoms with Crippen LogP contribution in [0.25, 0.3) is 0 Å². The number of halogens is 3. The molecular formula is C13H9BrF2N2O2. The lowest BCUT2D eigenvalue weighted by molar-refractivity contribution is 0.102. The number of phenols is 1. The van der Waals surface area contributed by atoms with E-state index in [1.54, 1.807) is 0 Å². The van der Waals surface area contributed by atoms with Gasteiger partial charge in [0.05, 0.1) is 5.69 Å². The maximum absolute atomic E-state index is 13.6. The number of nitrogens with one attached hydrogen (secondary N) is 1. The molecule has 0 aliphatic heterocycles. The van der Waals surface area contributed by atoms with Crippen LogP contribution < -0.4 is 11.1 Å². The Hall–Kier alpha value is -2.15. The number of amides is 1. The minimum Gasteiger partial charge on any atom is -0.506 e. The zero-order chi connectivity index (χ0) is 14.9. The minimum absolute atomic E-state index is 0.0263. The van der Waals surface area contributed by atoms with Gasteiger partial charge < -0.3 is 16.2 Å². The molecule has 7 heteroatoms. The molecule has 0 fully saturated rings. The first-order valence-electron chi connectivity index (χ1n) is 5.43. The van der Waals surface area contributed by atoms with Crippen LogP contribution in [0.5, 0.6) is 5.75 Å². The van der Waals surface area contributed by atoms with Gasteiger partial charge >= 0.3 is 0 Å². The molecule has 0 atom stereocenters.